The Kier molecular flexibility index (Phi) is 4.05. The van der Waals surface area contributed by atoms with Gasteiger partial charge in [-0.3, -0.25) is 0 Å². The number of rotatable bonds is 2. The third kappa shape index (κ3) is 2.80. The van der Waals surface area contributed by atoms with Crippen molar-refractivity contribution < 1.29 is 0 Å². The van der Waals surface area contributed by atoms with Gasteiger partial charge in [0.05, 0.1) is 21.4 Å². The van der Waals surface area contributed by atoms with E-state index in [0.29, 0.717) is 15.7 Å². The van der Waals surface area contributed by atoms with Gasteiger partial charge in [0, 0.05) is 13.1 Å². The zero-order valence-electron chi connectivity index (χ0n) is 10.0. The van der Waals surface area contributed by atoms with E-state index in [2.05, 4.69) is 11.8 Å². The second kappa shape index (κ2) is 5.36. The molecule has 17 heavy (non-hydrogen) atoms. The molecular formula is C13H18Cl2N2. The monoisotopic (exact) mass is 272 g/mol. The number of nitrogens with zero attached hydrogens (tertiary/aromatic N) is 1. The fourth-order valence-electron chi connectivity index (χ4n) is 2.41. The Balaban J connectivity index is 2.16. The zero-order valence-corrected chi connectivity index (χ0v) is 11.6. The van der Waals surface area contributed by atoms with E-state index in [1.54, 1.807) is 6.07 Å². The summed E-state index contributed by atoms with van der Waals surface area (Å²) >= 11 is 12.0. The minimum absolute atomic E-state index is 0.524. The summed E-state index contributed by atoms with van der Waals surface area (Å²) < 4.78 is 0. The number of benzene rings is 1. The number of anilines is 2. The van der Waals surface area contributed by atoms with Crippen LogP contribution in [0.1, 0.15) is 26.2 Å². The van der Waals surface area contributed by atoms with Gasteiger partial charge in [-0.1, -0.05) is 36.5 Å². The number of halogens is 2. The topological polar surface area (TPSA) is 29.3 Å². The van der Waals surface area contributed by atoms with Crippen molar-refractivity contribution in [3.8, 4) is 0 Å². The van der Waals surface area contributed by atoms with E-state index in [0.717, 1.165) is 24.7 Å². The Labute approximate surface area is 113 Å². The molecule has 94 valence electrons. The third-order valence-electron chi connectivity index (χ3n) is 3.60. The summed E-state index contributed by atoms with van der Waals surface area (Å²) in [7, 11) is 0. The largest absolute Gasteiger partial charge is 0.397 e. The van der Waals surface area contributed by atoms with Gasteiger partial charge in [-0.05, 0) is 30.9 Å². The number of hydrogen-bond acceptors (Lipinski definition) is 2. The second-order valence-corrected chi connectivity index (χ2v) is 5.48. The standard InChI is InChI=1S/C13H18Cl2N2/c1-2-9-3-5-17(6-4-9)13-8-11(15)10(14)7-12(13)16/h7-9H,2-6,16H2,1H3. The molecule has 1 aromatic carbocycles. The Bertz CT molecular complexity index is 399. The molecule has 1 aliphatic rings. The van der Waals surface area contributed by atoms with Gasteiger partial charge in [-0.2, -0.15) is 0 Å². The summed E-state index contributed by atoms with van der Waals surface area (Å²) in [6.07, 6.45) is 3.73. The maximum absolute atomic E-state index is 6.05. The zero-order chi connectivity index (χ0) is 12.4. The van der Waals surface area contributed by atoms with Gasteiger partial charge >= 0.3 is 0 Å². The number of hydrogen-bond donors (Lipinski definition) is 1. The Hall–Kier alpha value is -0.600. The molecule has 0 amide bonds. The lowest BCUT2D eigenvalue weighted by molar-refractivity contribution is 0.395. The van der Waals surface area contributed by atoms with Gasteiger partial charge in [-0.15, -0.1) is 0 Å². The van der Waals surface area contributed by atoms with Crippen molar-refractivity contribution in [3.63, 3.8) is 0 Å². The first-order valence-corrected chi connectivity index (χ1v) is 6.87. The Morgan fingerprint density at radius 1 is 1.24 bits per heavy atom. The fraction of sp³-hybridized carbons (Fsp3) is 0.538. The second-order valence-electron chi connectivity index (χ2n) is 4.66. The number of nitrogen functional groups attached to an aromatic ring is 1. The lowest BCUT2D eigenvalue weighted by Crippen LogP contribution is -2.33. The van der Waals surface area contributed by atoms with Crippen LogP contribution in [0.4, 0.5) is 11.4 Å². The Morgan fingerprint density at radius 2 is 1.82 bits per heavy atom. The van der Waals surface area contributed by atoms with E-state index >= 15 is 0 Å². The first-order chi connectivity index (χ1) is 8.11. The third-order valence-corrected chi connectivity index (χ3v) is 4.32. The molecule has 0 spiro atoms. The molecule has 2 N–H and O–H groups in total. The molecule has 0 radical (unpaired) electrons. The number of nitrogens with two attached hydrogens (primary N) is 1. The Morgan fingerprint density at radius 3 is 2.41 bits per heavy atom. The molecule has 0 atom stereocenters. The van der Waals surface area contributed by atoms with Gasteiger partial charge < -0.3 is 10.6 Å². The van der Waals surface area contributed by atoms with Gasteiger partial charge in [-0.25, -0.2) is 0 Å². The highest BCUT2D eigenvalue weighted by Crippen LogP contribution is 2.35. The minimum atomic E-state index is 0.524. The van der Waals surface area contributed by atoms with Crippen LogP contribution in [0, 0.1) is 5.92 Å². The average Bonchev–Trinajstić information content (AvgIpc) is 2.34. The predicted molar refractivity (Wildman–Crippen MR) is 76.1 cm³/mol. The maximum Gasteiger partial charge on any atom is 0.0615 e. The molecule has 1 aromatic rings. The van der Waals surface area contributed by atoms with Crippen molar-refractivity contribution in [1.82, 2.24) is 0 Å². The van der Waals surface area contributed by atoms with Crippen LogP contribution in [0.15, 0.2) is 12.1 Å². The summed E-state index contributed by atoms with van der Waals surface area (Å²) in [6, 6.07) is 3.62. The molecule has 0 unspecified atom stereocenters. The SMILES string of the molecule is CCC1CCN(c2cc(Cl)c(Cl)cc2N)CC1. The molecule has 2 rings (SSSR count). The van der Waals surface area contributed by atoms with Crippen molar-refractivity contribution in [3.05, 3.63) is 22.2 Å². The normalized spacial score (nSPS) is 17.5. The molecule has 4 heteroatoms. The van der Waals surface area contributed by atoms with Crippen molar-refractivity contribution >= 4 is 34.6 Å². The molecule has 1 heterocycles. The molecule has 0 saturated carbocycles. The summed E-state index contributed by atoms with van der Waals surface area (Å²) in [5.41, 5.74) is 7.74. The average molecular weight is 273 g/mol. The van der Waals surface area contributed by atoms with E-state index in [1.165, 1.54) is 19.3 Å². The van der Waals surface area contributed by atoms with Crippen molar-refractivity contribution in [2.75, 3.05) is 23.7 Å². The molecule has 0 aromatic heterocycles. The molecule has 1 fully saturated rings. The molecule has 0 aliphatic carbocycles. The van der Waals surface area contributed by atoms with Crippen molar-refractivity contribution in [1.29, 1.82) is 0 Å². The smallest absolute Gasteiger partial charge is 0.0615 e. The van der Waals surface area contributed by atoms with Crippen LogP contribution in [-0.4, -0.2) is 13.1 Å². The summed E-state index contributed by atoms with van der Waals surface area (Å²) in [6.45, 7) is 4.37. The van der Waals surface area contributed by atoms with Crippen LogP contribution in [0.25, 0.3) is 0 Å². The van der Waals surface area contributed by atoms with Crippen molar-refractivity contribution in [2.24, 2.45) is 5.92 Å². The van der Waals surface area contributed by atoms with Gasteiger partial charge in [0.25, 0.3) is 0 Å². The highest BCUT2D eigenvalue weighted by molar-refractivity contribution is 6.42. The lowest BCUT2D eigenvalue weighted by atomic mass is 9.94. The lowest BCUT2D eigenvalue weighted by Gasteiger charge is -2.34. The molecule has 0 bridgehead atoms. The van der Waals surface area contributed by atoms with Crippen LogP contribution >= 0.6 is 23.2 Å². The van der Waals surface area contributed by atoms with Gasteiger partial charge in [0.1, 0.15) is 0 Å². The van der Waals surface area contributed by atoms with Crippen LogP contribution in [0.2, 0.25) is 10.0 Å². The summed E-state index contributed by atoms with van der Waals surface area (Å²) in [4.78, 5) is 2.31. The van der Waals surface area contributed by atoms with Crippen molar-refractivity contribution in [2.45, 2.75) is 26.2 Å². The van der Waals surface area contributed by atoms with E-state index in [4.69, 9.17) is 28.9 Å². The van der Waals surface area contributed by atoms with E-state index in [9.17, 15) is 0 Å². The van der Waals surface area contributed by atoms with Gasteiger partial charge in [0.15, 0.2) is 0 Å². The van der Waals surface area contributed by atoms with E-state index in [1.807, 2.05) is 6.07 Å². The molecule has 2 nitrogen and oxygen atoms in total. The van der Waals surface area contributed by atoms with Gasteiger partial charge in [0.2, 0.25) is 0 Å². The van der Waals surface area contributed by atoms with Crippen LogP contribution in [0.5, 0.6) is 0 Å². The summed E-state index contributed by atoms with van der Waals surface area (Å²) in [5, 5.41) is 1.10. The fourth-order valence-corrected chi connectivity index (χ4v) is 2.74. The van der Waals surface area contributed by atoms with E-state index < -0.39 is 0 Å². The highest BCUT2D eigenvalue weighted by atomic mass is 35.5. The van der Waals surface area contributed by atoms with Crippen LogP contribution in [-0.2, 0) is 0 Å². The maximum atomic E-state index is 6.05. The predicted octanol–water partition coefficient (Wildman–Crippen LogP) is 4.20. The van der Waals surface area contributed by atoms with Crippen LogP contribution < -0.4 is 10.6 Å². The first-order valence-electron chi connectivity index (χ1n) is 6.11. The molecular weight excluding hydrogens is 255 g/mol. The number of piperidine rings is 1. The molecule has 1 aliphatic heterocycles. The first kappa shape index (κ1) is 12.8. The summed E-state index contributed by atoms with van der Waals surface area (Å²) in [5.74, 6) is 0.857. The molecule has 1 saturated heterocycles. The van der Waals surface area contributed by atoms with E-state index in [-0.39, 0.29) is 0 Å². The minimum Gasteiger partial charge on any atom is -0.397 e. The van der Waals surface area contributed by atoms with Crippen LogP contribution in [0.3, 0.4) is 0 Å². The highest BCUT2D eigenvalue weighted by Gasteiger charge is 2.20. The quantitative estimate of drug-likeness (QED) is 0.818.